The lowest BCUT2D eigenvalue weighted by Gasteiger charge is -1.90. The van der Waals surface area contributed by atoms with Crippen LogP contribution in [0.1, 0.15) is 4.88 Å². The van der Waals surface area contributed by atoms with Gasteiger partial charge in [-0.1, -0.05) is 0 Å². The molecule has 1 aromatic heterocycles. The van der Waals surface area contributed by atoms with Gasteiger partial charge in [0.1, 0.15) is 0 Å². The highest BCUT2D eigenvalue weighted by Crippen LogP contribution is 2.25. The van der Waals surface area contributed by atoms with Crippen LogP contribution in [0.15, 0.2) is 10.5 Å². The zero-order valence-electron chi connectivity index (χ0n) is 4.98. The average Bonchev–Trinajstić information content (AvgIpc) is 2.18. The molecule has 0 spiro atoms. The molecule has 1 aromatic rings. The molecule has 0 fully saturated rings. The summed E-state index contributed by atoms with van der Waals surface area (Å²) in [5.41, 5.74) is 0. The molecule has 1 heterocycles. The molecule has 0 unspecified atom stereocenters. The summed E-state index contributed by atoms with van der Waals surface area (Å²) < 4.78 is 1.20. The Morgan fingerprint density at radius 1 is 1.89 bits per heavy atom. The molecule has 0 aromatic carbocycles. The summed E-state index contributed by atoms with van der Waals surface area (Å²) in [5, 5.41) is 3.06. The Hall–Kier alpha value is 0.530. The lowest BCUT2D eigenvalue weighted by molar-refractivity contribution is 1.52. The van der Waals surface area contributed by atoms with Crippen molar-refractivity contribution in [3.8, 4) is 0 Å². The molecule has 0 amide bonds. The number of halogens is 1. The molecule has 0 N–H and O–H groups in total. The third-order valence-corrected chi connectivity index (χ3v) is 3.49. The van der Waals surface area contributed by atoms with Crippen LogP contribution in [0.3, 0.4) is 0 Å². The van der Waals surface area contributed by atoms with Crippen LogP contribution in [0.5, 0.6) is 0 Å². The molecule has 9 heavy (non-hydrogen) atoms. The first-order valence-corrected chi connectivity index (χ1v) is 5.48. The van der Waals surface area contributed by atoms with Gasteiger partial charge in [-0.3, -0.25) is 0 Å². The molecular formula is C6H6BrS2. The van der Waals surface area contributed by atoms with E-state index in [-0.39, 0.29) is 0 Å². The van der Waals surface area contributed by atoms with Gasteiger partial charge in [0.25, 0.3) is 0 Å². The quantitative estimate of drug-likeness (QED) is 0.740. The fourth-order valence-corrected chi connectivity index (χ4v) is 2.83. The van der Waals surface area contributed by atoms with Crippen LogP contribution in [0.25, 0.3) is 0 Å². The van der Waals surface area contributed by atoms with Crippen LogP contribution >= 0.6 is 39.0 Å². The first-order chi connectivity index (χ1) is 4.34. The molecule has 1 radical (unpaired) electrons. The van der Waals surface area contributed by atoms with Crippen molar-refractivity contribution in [3.05, 3.63) is 20.8 Å². The van der Waals surface area contributed by atoms with E-state index in [1.54, 1.807) is 11.3 Å². The molecule has 49 valence electrons. The Labute approximate surface area is 71.8 Å². The standard InChI is InChI=1S/C6H6BrS2/c1-8-4-6-5(7)2-3-9-6/h2H,4H2,1H3. The fraction of sp³-hybridized carbons (Fsp3) is 0.333. The molecule has 0 aliphatic carbocycles. The van der Waals surface area contributed by atoms with E-state index in [1.807, 2.05) is 17.8 Å². The van der Waals surface area contributed by atoms with Gasteiger partial charge in [-0.2, -0.15) is 11.8 Å². The molecule has 0 atom stereocenters. The Morgan fingerprint density at radius 2 is 2.67 bits per heavy atom. The van der Waals surface area contributed by atoms with E-state index in [4.69, 9.17) is 0 Å². The maximum Gasteiger partial charge on any atom is 0.0457 e. The summed E-state index contributed by atoms with van der Waals surface area (Å²) in [5.74, 6) is 1.09. The minimum atomic E-state index is 1.09. The van der Waals surface area contributed by atoms with Gasteiger partial charge < -0.3 is 0 Å². The Morgan fingerprint density at radius 3 is 3.11 bits per heavy atom. The number of thiophene rings is 1. The number of hydrogen-bond donors (Lipinski definition) is 0. The molecule has 0 saturated heterocycles. The Balaban J connectivity index is 2.69. The van der Waals surface area contributed by atoms with E-state index in [0.717, 1.165) is 5.75 Å². The second kappa shape index (κ2) is 3.64. The minimum absolute atomic E-state index is 1.09. The highest BCUT2D eigenvalue weighted by atomic mass is 79.9. The average molecular weight is 222 g/mol. The molecule has 0 aliphatic rings. The molecule has 0 nitrogen and oxygen atoms in total. The molecular weight excluding hydrogens is 216 g/mol. The van der Waals surface area contributed by atoms with Crippen molar-refractivity contribution in [2.75, 3.05) is 6.26 Å². The zero-order valence-corrected chi connectivity index (χ0v) is 8.20. The van der Waals surface area contributed by atoms with Crippen LogP contribution < -0.4 is 0 Å². The highest BCUT2D eigenvalue weighted by molar-refractivity contribution is 9.10. The fourth-order valence-electron chi connectivity index (χ4n) is 0.511. The monoisotopic (exact) mass is 221 g/mol. The molecule has 1 rings (SSSR count). The topological polar surface area (TPSA) is 0 Å². The van der Waals surface area contributed by atoms with Crippen LogP contribution in [-0.2, 0) is 5.75 Å². The van der Waals surface area contributed by atoms with E-state index < -0.39 is 0 Å². The van der Waals surface area contributed by atoms with Crippen LogP contribution in [0.4, 0.5) is 0 Å². The van der Waals surface area contributed by atoms with Crippen LogP contribution in [-0.4, -0.2) is 6.26 Å². The molecule has 0 bridgehead atoms. The van der Waals surface area contributed by atoms with Crippen molar-refractivity contribution in [2.45, 2.75) is 5.75 Å². The smallest absolute Gasteiger partial charge is 0.0457 e. The van der Waals surface area contributed by atoms with Gasteiger partial charge in [0, 0.05) is 20.5 Å². The van der Waals surface area contributed by atoms with Crippen molar-refractivity contribution in [1.82, 2.24) is 0 Å². The van der Waals surface area contributed by atoms with Gasteiger partial charge in [0.05, 0.1) is 0 Å². The van der Waals surface area contributed by atoms with Crippen molar-refractivity contribution in [1.29, 1.82) is 0 Å². The maximum absolute atomic E-state index is 3.43. The summed E-state index contributed by atoms with van der Waals surface area (Å²) in [6.07, 6.45) is 2.10. The predicted molar refractivity (Wildman–Crippen MR) is 48.1 cm³/mol. The van der Waals surface area contributed by atoms with E-state index in [0.29, 0.717) is 0 Å². The SMILES string of the molecule is CSCc1s[c]cc1Br. The van der Waals surface area contributed by atoms with Crippen molar-refractivity contribution in [2.24, 2.45) is 0 Å². The van der Waals surface area contributed by atoms with E-state index in [1.165, 1.54) is 9.35 Å². The molecule has 3 heteroatoms. The normalized spacial score (nSPS) is 10.0. The van der Waals surface area contributed by atoms with Crippen molar-refractivity contribution < 1.29 is 0 Å². The number of rotatable bonds is 2. The lowest BCUT2D eigenvalue weighted by Crippen LogP contribution is -1.69. The summed E-state index contributed by atoms with van der Waals surface area (Å²) in [6, 6.07) is 1.97. The predicted octanol–water partition coefficient (Wildman–Crippen LogP) is 3.17. The van der Waals surface area contributed by atoms with E-state index in [2.05, 4.69) is 27.6 Å². The minimum Gasteiger partial charge on any atom is -0.160 e. The van der Waals surface area contributed by atoms with Crippen LogP contribution in [0, 0.1) is 5.38 Å². The maximum atomic E-state index is 3.43. The number of thioether (sulfide) groups is 1. The summed E-state index contributed by atoms with van der Waals surface area (Å²) in [6.45, 7) is 0. The van der Waals surface area contributed by atoms with Crippen molar-refractivity contribution >= 4 is 39.0 Å². The summed E-state index contributed by atoms with van der Waals surface area (Å²) in [4.78, 5) is 1.38. The summed E-state index contributed by atoms with van der Waals surface area (Å²) >= 11 is 6.95. The van der Waals surface area contributed by atoms with Crippen LogP contribution in [0.2, 0.25) is 0 Å². The highest BCUT2D eigenvalue weighted by Gasteiger charge is 1.97. The zero-order chi connectivity index (χ0) is 6.69. The third-order valence-electron chi connectivity index (χ3n) is 0.910. The first kappa shape index (κ1) is 7.63. The lowest BCUT2D eigenvalue weighted by atomic mass is 10.5. The van der Waals surface area contributed by atoms with Crippen molar-refractivity contribution in [3.63, 3.8) is 0 Å². The van der Waals surface area contributed by atoms with Gasteiger partial charge in [0.2, 0.25) is 0 Å². The van der Waals surface area contributed by atoms with Gasteiger partial charge in [-0.05, 0) is 28.3 Å². The molecule has 0 saturated carbocycles. The first-order valence-electron chi connectivity index (χ1n) is 2.48. The largest absolute Gasteiger partial charge is 0.160 e. The van der Waals surface area contributed by atoms with Gasteiger partial charge >= 0.3 is 0 Å². The Bertz CT molecular complexity index is 183. The van der Waals surface area contributed by atoms with Gasteiger partial charge in [-0.25, -0.2) is 0 Å². The van der Waals surface area contributed by atoms with Gasteiger partial charge in [0.15, 0.2) is 0 Å². The van der Waals surface area contributed by atoms with Gasteiger partial charge in [-0.15, -0.1) is 11.3 Å². The second-order valence-corrected chi connectivity index (χ2v) is 4.22. The number of hydrogen-bond acceptors (Lipinski definition) is 2. The summed E-state index contributed by atoms with van der Waals surface area (Å²) in [7, 11) is 0. The molecule has 0 aliphatic heterocycles. The Kier molecular flexibility index (Phi) is 3.09. The van der Waals surface area contributed by atoms with E-state index >= 15 is 0 Å². The third kappa shape index (κ3) is 1.99. The second-order valence-electron chi connectivity index (χ2n) is 1.57. The van der Waals surface area contributed by atoms with E-state index in [9.17, 15) is 0 Å².